The van der Waals surface area contributed by atoms with Crippen LogP contribution in [-0.4, -0.2) is 18.6 Å². The Morgan fingerprint density at radius 1 is 1.35 bits per heavy atom. The van der Waals surface area contributed by atoms with E-state index in [-0.39, 0.29) is 6.02 Å². The number of aliphatic imine (C=N–C) groups is 1. The van der Waals surface area contributed by atoms with Crippen molar-refractivity contribution in [3.63, 3.8) is 0 Å². The minimum absolute atomic E-state index is 0.235. The second-order valence-electron chi connectivity index (χ2n) is 4.14. The number of anilines is 1. The number of nitrogen functional groups attached to an aromatic ring is 1. The second-order valence-corrected chi connectivity index (χ2v) is 4.14. The third-order valence-corrected chi connectivity index (χ3v) is 2.90. The predicted octanol–water partition coefficient (Wildman–Crippen LogP) is 1.46. The molecule has 1 unspecified atom stereocenters. The van der Waals surface area contributed by atoms with E-state index in [0.717, 1.165) is 0 Å². The lowest BCUT2D eigenvalue weighted by molar-refractivity contribution is -0.116. The normalized spacial score (nSPS) is 27.1. The van der Waals surface area contributed by atoms with Crippen molar-refractivity contribution in [2.45, 2.75) is 18.4 Å². The molecule has 1 atom stereocenters. The van der Waals surface area contributed by atoms with Gasteiger partial charge in [-0.25, -0.2) is 4.99 Å². The van der Waals surface area contributed by atoms with E-state index in [1.165, 1.54) is 13.0 Å². The van der Waals surface area contributed by atoms with Crippen molar-refractivity contribution in [2.24, 2.45) is 10.7 Å². The molecule has 1 heterocycles. The minimum atomic E-state index is -3.14. The lowest BCUT2D eigenvalue weighted by atomic mass is 9.85. The number of benzene rings is 1. The zero-order chi connectivity index (χ0) is 12.7. The molecule has 1 aromatic carbocycles. The Bertz CT molecular complexity index is 476. The van der Waals surface area contributed by atoms with Gasteiger partial charge in [0.2, 0.25) is 0 Å². The van der Waals surface area contributed by atoms with E-state index < -0.39 is 18.1 Å². The Hall–Kier alpha value is -1.85. The highest BCUT2D eigenvalue weighted by molar-refractivity contribution is 5.73. The fourth-order valence-corrected chi connectivity index (χ4v) is 1.76. The largest absolute Gasteiger partial charge is 0.459 e. The zero-order valence-corrected chi connectivity index (χ0v) is 9.28. The molecule has 0 saturated carbocycles. The maximum atomic E-state index is 13.9. The van der Waals surface area contributed by atoms with E-state index >= 15 is 0 Å². The highest BCUT2D eigenvalue weighted by Crippen LogP contribution is 2.43. The average molecular weight is 241 g/mol. The summed E-state index contributed by atoms with van der Waals surface area (Å²) in [5.41, 5.74) is 9.93. The SMILES string of the molecule is CC1(c2cccc(N)c2)N=C(N)OCC1(F)F. The first-order valence-electron chi connectivity index (χ1n) is 5.07. The average Bonchev–Trinajstić information content (AvgIpc) is 2.25. The molecule has 4 nitrogen and oxygen atoms in total. The maximum absolute atomic E-state index is 13.9. The zero-order valence-electron chi connectivity index (χ0n) is 9.28. The fourth-order valence-electron chi connectivity index (χ4n) is 1.76. The molecular formula is C11H13F2N3O. The van der Waals surface area contributed by atoms with Gasteiger partial charge in [-0.3, -0.25) is 0 Å². The molecule has 1 aromatic rings. The molecular weight excluding hydrogens is 228 g/mol. The number of amidine groups is 1. The van der Waals surface area contributed by atoms with Crippen LogP contribution in [0.25, 0.3) is 0 Å². The van der Waals surface area contributed by atoms with Crippen LogP contribution in [0.15, 0.2) is 29.3 Å². The van der Waals surface area contributed by atoms with Gasteiger partial charge >= 0.3 is 5.92 Å². The molecule has 0 bridgehead atoms. The van der Waals surface area contributed by atoms with Crippen LogP contribution in [0.5, 0.6) is 0 Å². The Balaban J connectivity index is 2.56. The lowest BCUT2D eigenvalue weighted by Crippen LogP contribution is -2.50. The molecule has 2 rings (SSSR count). The summed E-state index contributed by atoms with van der Waals surface area (Å²) < 4.78 is 32.4. The highest BCUT2D eigenvalue weighted by atomic mass is 19.3. The van der Waals surface area contributed by atoms with Crippen LogP contribution >= 0.6 is 0 Å². The Morgan fingerprint density at radius 3 is 2.71 bits per heavy atom. The van der Waals surface area contributed by atoms with Gasteiger partial charge in [0.1, 0.15) is 0 Å². The van der Waals surface area contributed by atoms with Gasteiger partial charge in [0.05, 0.1) is 0 Å². The first-order chi connectivity index (χ1) is 7.85. The van der Waals surface area contributed by atoms with Gasteiger partial charge < -0.3 is 16.2 Å². The van der Waals surface area contributed by atoms with Crippen LogP contribution in [0.1, 0.15) is 12.5 Å². The molecule has 0 radical (unpaired) electrons. The summed E-state index contributed by atoms with van der Waals surface area (Å²) in [6.07, 6.45) is 0. The molecule has 0 amide bonds. The Kier molecular flexibility index (Phi) is 2.45. The number of hydrogen-bond donors (Lipinski definition) is 2. The summed E-state index contributed by atoms with van der Waals surface area (Å²) in [7, 11) is 0. The quantitative estimate of drug-likeness (QED) is 0.731. The van der Waals surface area contributed by atoms with Crippen molar-refractivity contribution < 1.29 is 13.5 Å². The minimum Gasteiger partial charge on any atom is -0.459 e. The third kappa shape index (κ3) is 1.79. The summed E-state index contributed by atoms with van der Waals surface area (Å²) >= 11 is 0. The summed E-state index contributed by atoms with van der Waals surface area (Å²) in [5, 5.41) is 0. The molecule has 1 aliphatic rings. The molecule has 0 saturated heterocycles. The molecule has 0 aliphatic carbocycles. The highest BCUT2D eigenvalue weighted by Gasteiger charge is 2.55. The summed E-state index contributed by atoms with van der Waals surface area (Å²) in [5.74, 6) is -3.14. The van der Waals surface area contributed by atoms with Crippen molar-refractivity contribution in [2.75, 3.05) is 12.3 Å². The van der Waals surface area contributed by atoms with Gasteiger partial charge in [-0.1, -0.05) is 12.1 Å². The number of rotatable bonds is 1. The first-order valence-corrected chi connectivity index (χ1v) is 5.07. The maximum Gasteiger partial charge on any atom is 0.310 e. The summed E-state index contributed by atoms with van der Waals surface area (Å²) in [6.45, 7) is 0.533. The van der Waals surface area contributed by atoms with Gasteiger partial charge in [0.15, 0.2) is 12.1 Å². The van der Waals surface area contributed by atoms with Crippen molar-refractivity contribution in [1.29, 1.82) is 0 Å². The van der Waals surface area contributed by atoms with Crippen LogP contribution < -0.4 is 11.5 Å². The second kappa shape index (κ2) is 3.58. The molecule has 0 aromatic heterocycles. The van der Waals surface area contributed by atoms with E-state index in [4.69, 9.17) is 11.5 Å². The molecule has 0 spiro atoms. The molecule has 17 heavy (non-hydrogen) atoms. The Labute approximate surface area is 97.3 Å². The van der Waals surface area contributed by atoms with Crippen molar-refractivity contribution in [1.82, 2.24) is 0 Å². The molecule has 4 N–H and O–H groups in total. The smallest absolute Gasteiger partial charge is 0.310 e. The summed E-state index contributed by atoms with van der Waals surface area (Å²) in [6, 6.07) is 6.01. The van der Waals surface area contributed by atoms with E-state index in [0.29, 0.717) is 11.3 Å². The first kappa shape index (κ1) is 11.6. The van der Waals surface area contributed by atoms with Crippen molar-refractivity contribution in [3.05, 3.63) is 29.8 Å². The van der Waals surface area contributed by atoms with E-state index in [1.54, 1.807) is 18.2 Å². The van der Waals surface area contributed by atoms with Gasteiger partial charge in [-0.05, 0) is 24.6 Å². The third-order valence-electron chi connectivity index (χ3n) is 2.90. The number of nitrogens with two attached hydrogens (primary N) is 2. The molecule has 1 aliphatic heterocycles. The summed E-state index contributed by atoms with van der Waals surface area (Å²) in [4.78, 5) is 3.74. The Morgan fingerprint density at radius 2 is 2.06 bits per heavy atom. The molecule has 6 heteroatoms. The van der Waals surface area contributed by atoms with Gasteiger partial charge in [-0.2, -0.15) is 8.78 Å². The topological polar surface area (TPSA) is 73.6 Å². The van der Waals surface area contributed by atoms with E-state index in [9.17, 15) is 8.78 Å². The van der Waals surface area contributed by atoms with Crippen LogP contribution in [0.4, 0.5) is 14.5 Å². The molecule has 0 fully saturated rings. The molecule has 92 valence electrons. The standard InChI is InChI=1S/C11H13F2N3O/c1-10(7-3-2-4-8(14)5-7)11(12,13)6-17-9(15)16-10/h2-5H,6,14H2,1H3,(H2,15,16). The van der Waals surface area contributed by atoms with Crippen LogP contribution in [0, 0.1) is 0 Å². The van der Waals surface area contributed by atoms with Crippen molar-refractivity contribution in [3.8, 4) is 0 Å². The van der Waals surface area contributed by atoms with Gasteiger partial charge in [0.25, 0.3) is 6.02 Å². The monoisotopic (exact) mass is 241 g/mol. The number of hydrogen-bond acceptors (Lipinski definition) is 4. The van der Waals surface area contributed by atoms with Crippen LogP contribution in [0.2, 0.25) is 0 Å². The van der Waals surface area contributed by atoms with Gasteiger partial charge in [-0.15, -0.1) is 0 Å². The van der Waals surface area contributed by atoms with Crippen LogP contribution in [0.3, 0.4) is 0 Å². The van der Waals surface area contributed by atoms with E-state index in [1.807, 2.05) is 0 Å². The number of ether oxygens (including phenoxy) is 1. The van der Waals surface area contributed by atoms with Crippen molar-refractivity contribution >= 4 is 11.7 Å². The lowest BCUT2D eigenvalue weighted by Gasteiger charge is -2.37. The van der Waals surface area contributed by atoms with Gasteiger partial charge in [0, 0.05) is 5.69 Å². The number of alkyl halides is 2. The number of nitrogens with zero attached hydrogens (tertiary/aromatic N) is 1. The van der Waals surface area contributed by atoms with Crippen LogP contribution in [-0.2, 0) is 10.3 Å². The number of halogens is 2. The fraction of sp³-hybridized carbons (Fsp3) is 0.364. The van der Waals surface area contributed by atoms with E-state index in [2.05, 4.69) is 9.73 Å². The predicted molar refractivity (Wildman–Crippen MR) is 60.7 cm³/mol.